The number of fused-ring (bicyclic) bond motifs is 1. The number of hydrogen-bond acceptors (Lipinski definition) is 3. The molecule has 0 amide bonds. The maximum Gasteiger partial charge on any atom is 0.241 e. The van der Waals surface area contributed by atoms with Crippen LogP contribution in [0.25, 0.3) is 0 Å². The summed E-state index contributed by atoms with van der Waals surface area (Å²) in [6.45, 7) is 5.81. The zero-order valence-electron chi connectivity index (χ0n) is 16.8. The van der Waals surface area contributed by atoms with Crippen molar-refractivity contribution < 1.29 is 17.7 Å². The van der Waals surface area contributed by atoms with Gasteiger partial charge < -0.3 is 9.32 Å². The summed E-state index contributed by atoms with van der Waals surface area (Å²) in [6, 6.07) is 17.7. The van der Waals surface area contributed by atoms with E-state index in [1.807, 2.05) is 38.1 Å². The van der Waals surface area contributed by atoms with Crippen molar-refractivity contribution in [1.82, 2.24) is 4.72 Å². The molecular formula is C23H27N2O3S+. The van der Waals surface area contributed by atoms with Crippen molar-refractivity contribution in [2.24, 2.45) is 0 Å². The molecule has 2 atom stereocenters. The Bertz CT molecular complexity index is 1090. The molecule has 152 valence electrons. The zero-order valence-corrected chi connectivity index (χ0v) is 17.6. The Balaban J connectivity index is 1.57. The number of quaternary nitrogens is 1. The van der Waals surface area contributed by atoms with Gasteiger partial charge in [-0.2, -0.15) is 0 Å². The number of hydrogen-bond donors (Lipinski definition) is 2. The first-order valence-corrected chi connectivity index (χ1v) is 11.4. The molecule has 0 radical (unpaired) electrons. The molecule has 1 aromatic heterocycles. The molecule has 1 aliphatic rings. The summed E-state index contributed by atoms with van der Waals surface area (Å²) in [7, 11) is -3.60. The van der Waals surface area contributed by atoms with Crippen LogP contribution in [-0.4, -0.2) is 21.5 Å². The van der Waals surface area contributed by atoms with Crippen molar-refractivity contribution in [3.63, 3.8) is 0 Å². The number of rotatable bonds is 6. The average Bonchev–Trinajstić information content (AvgIpc) is 3.24. The summed E-state index contributed by atoms with van der Waals surface area (Å²) in [5.41, 5.74) is 4.38. The summed E-state index contributed by atoms with van der Waals surface area (Å²) in [6.07, 6.45) is 2.63. The normalized spacial score (nSPS) is 17.7. The second-order valence-electron chi connectivity index (χ2n) is 7.79. The highest BCUT2D eigenvalue weighted by Crippen LogP contribution is 2.19. The highest BCUT2D eigenvalue weighted by Gasteiger charge is 2.32. The van der Waals surface area contributed by atoms with Crippen molar-refractivity contribution in [3.8, 4) is 0 Å². The van der Waals surface area contributed by atoms with Crippen LogP contribution in [0.15, 0.2) is 70.2 Å². The van der Waals surface area contributed by atoms with E-state index in [-0.39, 0.29) is 6.04 Å². The first-order valence-electron chi connectivity index (χ1n) is 9.96. The van der Waals surface area contributed by atoms with Crippen LogP contribution in [0.5, 0.6) is 0 Å². The Morgan fingerprint density at radius 1 is 1.07 bits per heavy atom. The lowest BCUT2D eigenvalue weighted by atomic mass is 9.98. The first-order chi connectivity index (χ1) is 13.9. The fourth-order valence-electron chi connectivity index (χ4n) is 4.10. The van der Waals surface area contributed by atoms with Crippen LogP contribution in [0.3, 0.4) is 0 Å². The summed E-state index contributed by atoms with van der Waals surface area (Å²) >= 11 is 0. The quantitative estimate of drug-likeness (QED) is 0.655. The molecule has 0 spiro atoms. The maximum atomic E-state index is 13.0. The second kappa shape index (κ2) is 8.14. The Kier molecular flexibility index (Phi) is 5.58. The molecule has 1 aliphatic heterocycles. The Morgan fingerprint density at radius 3 is 2.62 bits per heavy atom. The van der Waals surface area contributed by atoms with Gasteiger partial charge in [0.2, 0.25) is 10.0 Å². The largest absolute Gasteiger partial charge is 0.463 e. The standard InChI is InChI=1S/C23H26N2O3S/c1-17-9-10-18(2)23(14-17)29(26,27)24-15-21(22-8-5-13-28-22)25-12-11-19-6-3-4-7-20(19)16-25/h3-10,13-14,21,24H,11-12,15-16H2,1-2H3/p+1/t21-/m0/s1. The van der Waals surface area contributed by atoms with Gasteiger partial charge in [0.25, 0.3) is 0 Å². The van der Waals surface area contributed by atoms with E-state index < -0.39 is 10.0 Å². The predicted molar refractivity (Wildman–Crippen MR) is 112 cm³/mol. The molecule has 0 aliphatic carbocycles. The van der Waals surface area contributed by atoms with Gasteiger partial charge in [-0.25, -0.2) is 13.1 Å². The molecular weight excluding hydrogens is 384 g/mol. The molecule has 6 heteroatoms. The van der Waals surface area contributed by atoms with Crippen molar-refractivity contribution in [2.45, 2.75) is 37.8 Å². The summed E-state index contributed by atoms with van der Waals surface area (Å²) in [5.74, 6) is 0.808. The monoisotopic (exact) mass is 411 g/mol. The van der Waals surface area contributed by atoms with Crippen molar-refractivity contribution in [2.75, 3.05) is 13.1 Å². The SMILES string of the molecule is Cc1ccc(C)c(S(=O)(=O)NC[C@@H](c2ccco2)[NH+]2CCc3ccccc3C2)c1. The van der Waals surface area contributed by atoms with Crippen molar-refractivity contribution >= 4 is 10.0 Å². The second-order valence-corrected chi connectivity index (χ2v) is 9.53. The van der Waals surface area contributed by atoms with Gasteiger partial charge in [0.1, 0.15) is 6.54 Å². The van der Waals surface area contributed by atoms with Gasteiger partial charge in [-0.05, 0) is 48.7 Å². The summed E-state index contributed by atoms with van der Waals surface area (Å²) in [4.78, 5) is 1.65. The minimum Gasteiger partial charge on any atom is -0.463 e. The summed E-state index contributed by atoms with van der Waals surface area (Å²) < 4.78 is 34.6. The molecule has 0 fully saturated rings. The van der Waals surface area contributed by atoms with Gasteiger partial charge in [0.15, 0.2) is 11.8 Å². The molecule has 2 aromatic carbocycles. The minimum atomic E-state index is -3.60. The predicted octanol–water partition coefficient (Wildman–Crippen LogP) is 2.56. The van der Waals surface area contributed by atoms with E-state index in [1.54, 1.807) is 12.3 Å². The van der Waals surface area contributed by atoms with Crippen LogP contribution in [0.4, 0.5) is 0 Å². The van der Waals surface area contributed by atoms with E-state index >= 15 is 0 Å². The third-order valence-electron chi connectivity index (χ3n) is 5.74. The number of sulfonamides is 1. The van der Waals surface area contributed by atoms with Gasteiger partial charge in [-0.15, -0.1) is 0 Å². The van der Waals surface area contributed by atoms with Crippen molar-refractivity contribution in [3.05, 3.63) is 88.9 Å². The number of benzene rings is 2. The van der Waals surface area contributed by atoms with Crippen LogP contribution in [0.2, 0.25) is 0 Å². The first kappa shape index (κ1) is 19.9. The van der Waals surface area contributed by atoms with Gasteiger partial charge in [-0.3, -0.25) is 0 Å². The third kappa shape index (κ3) is 4.29. The lowest BCUT2D eigenvalue weighted by molar-refractivity contribution is -0.946. The van der Waals surface area contributed by atoms with Crippen LogP contribution >= 0.6 is 0 Å². The van der Waals surface area contributed by atoms with Gasteiger partial charge >= 0.3 is 0 Å². The topological polar surface area (TPSA) is 63.8 Å². The molecule has 29 heavy (non-hydrogen) atoms. The molecule has 2 heterocycles. The zero-order chi connectivity index (χ0) is 20.4. The maximum absolute atomic E-state index is 13.0. The molecule has 0 bridgehead atoms. The summed E-state index contributed by atoms with van der Waals surface area (Å²) in [5, 5.41) is 0. The van der Waals surface area contributed by atoms with Crippen LogP contribution < -0.4 is 9.62 Å². The molecule has 5 nitrogen and oxygen atoms in total. The van der Waals surface area contributed by atoms with Gasteiger partial charge in [0, 0.05) is 12.0 Å². The molecule has 0 saturated heterocycles. The van der Waals surface area contributed by atoms with E-state index in [4.69, 9.17) is 4.42 Å². The smallest absolute Gasteiger partial charge is 0.241 e. The Labute approximate surface area is 172 Å². The van der Waals surface area contributed by atoms with Gasteiger partial charge in [0.05, 0.1) is 24.2 Å². The minimum absolute atomic E-state index is 0.0850. The van der Waals surface area contributed by atoms with Crippen LogP contribution in [-0.2, 0) is 23.0 Å². The van der Waals surface area contributed by atoms with E-state index in [0.717, 1.165) is 36.4 Å². The van der Waals surface area contributed by atoms with E-state index in [9.17, 15) is 8.42 Å². The molecule has 1 unspecified atom stereocenters. The lowest BCUT2D eigenvalue weighted by Crippen LogP contribution is -3.12. The van der Waals surface area contributed by atoms with Gasteiger partial charge in [-0.1, -0.05) is 36.4 Å². The highest BCUT2D eigenvalue weighted by molar-refractivity contribution is 7.89. The molecule has 2 N–H and O–H groups in total. The molecule has 3 aromatic rings. The van der Waals surface area contributed by atoms with Crippen LogP contribution in [0, 0.1) is 13.8 Å². The Morgan fingerprint density at radius 2 is 1.86 bits per heavy atom. The number of nitrogens with one attached hydrogen (secondary N) is 2. The van der Waals surface area contributed by atoms with E-state index in [1.165, 1.54) is 16.0 Å². The van der Waals surface area contributed by atoms with Crippen LogP contribution in [0.1, 0.15) is 34.1 Å². The average molecular weight is 412 g/mol. The highest BCUT2D eigenvalue weighted by atomic mass is 32.2. The molecule has 4 rings (SSSR count). The fraction of sp³-hybridized carbons (Fsp3) is 0.304. The number of furan rings is 1. The van der Waals surface area contributed by atoms with Crippen molar-refractivity contribution in [1.29, 1.82) is 0 Å². The Hall–Kier alpha value is -2.41. The number of aryl methyl sites for hydroxylation is 2. The lowest BCUT2D eigenvalue weighted by Gasteiger charge is -2.31. The van der Waals surface area contributed by atoms with E-state index in [0.29, 0.717) is 11.4 Å². The molecule has 0 saturated carbocycles. The third-order valence-corrected chi connectivity index (χ3v) is 7.31. The fourth-order valence-corrected chi connectivity index (χ4v) is 5.48. The van der Waals surface area contributed by atoms with E-state index in [2.05, 4.69) is 29.0 Å².